The van der Waals surface area contributed by atoms with Crippen LogP contribution >= 0.6 is 0 Å². The van der Waals surface area contributed by atoms with Crippen LogP contribution < -0.4 is 5.32 Å². The van der Waals surface area contributed by atoms with Gasteiger partial charge in [0.1, 0.15) is 0 Å². The highest BCUT2D eigenvalue weighted by molar-refractivity contribution is 5.93. The van der Waals surface area contributed by atoms with Crippen LogP contribution in [0.15, 0.2) is 48.5 Å². The second-order valence-electron chi connectivity index (χ2n) is 7.05. The maximum Gasteiger partial charge on any atom is 0.238 e. The molecule has 1 heterocycles. The average molecular weight is 351 g/mol. The topological polar surface area (TPSA) is 35.6 Å². The van der Waals surface area contributed by atoms with Crippen molar-refractivity contribution in [1.82, 2.24) is 9.80 Å². The van der Waals surface area contributed by atoms with Crippen LogP contribution in [0.4, 0.5) is 5.69 Å². The number of anilines is 1. The van der Waals surface area contributed by atoms with Crippen molar-refractivity contribution in [3.8, 4) is 0 Å². The number of benzene rings is 2. The number of amides is 1. The van der Waals surface area contributed by atoms with Crippen molar-refractivity contribution >= 4 is 11.6 Å². The number of piperazine rings is 1. The monoisotopic (exact) mass is 351 g/mol. The number of rotatable bonds is 6. The summed E-state index contributed by atoms with van der Waals surface area (Å²) in [6, 6.07) is 16.8. The maximum absolute atomic E-state index is 12.5. The predicted octanol–water partition coefficient (Wildman–Crippen LogP) is 3.31. The average Bonchev–Trinajstić information content (AvgIpc) is 2.66. The van der Waals surface area contributed by atoms with Crippen molar-refractivity contribution in [3.63, 3.8) is 0 Å². The quantitative estimate of drug-likeness (QED) is 0.867. The fourth-order valence-corrected chi connectivity index (χ4v) is 3.53. The van der Waals surface area contributed by atoms with Gasteiger partial charge >= 0.3 is 0 Å². The Balaban J connectivity index is 1.48. The van der Waals surface area contributed by atoms with Gasteiger partial charge in [0.05, 0.1) is 6.54 Å². The number of nitrogens with one attached hydrogen (secondary N) is 1. The minimum Gasteiger partial charge on any atom is -0.324 e. The molecule has 4 heteroatoms. The first-order valence-electron chi connectivity index (χ1n) is 9.52. The first-order valence-corrected chi connectivity index (χ1v) is 9.52. The minimum absolute atomic E-state index is 0.0884. The van der Waals surface area contributed by atoms with Gasteiger partial charge in [0, 0.05) is 38.4 Å². The molecule has 2 aromatic rings. The van der Waals surface area contributed by atoms with Crippen LogP contribution in [0.3, 0.4) is 0 Å². The highest BCUT2D eigenvalue weighted by Gasteiger charge is 2.19. The normalized spacial score (nSPS) is 15.8. The molecular weight excluding hydrogens is 322 g/mol. The number of carbonyl (C=O) groups is 1. The third-order valence-corrected chi connectivity index (χ3v) is 5.09. The summed E-state index contributed by atoms with van der Waals surface area (Å²) < 4.78 is 0. The Labute approximate surface area is 156 Å². The van der Waals surface area contributed by atoms with E-state index in [2.05, 4.69) is 77.5 Å². The molecule has 0 aliphatic carbocycles. The number of carbonyl (C=O) groups excluding carboxylic acids is 1. The molecule has 0 atom stereocenters. The van der Waals surface area contributed by atoms with Crippen molar-refractivity contribution in [3.05, 3.63) is 65.2 Å². The molecule has 1 aliphatic rings. The standard InChI is InChI=1S/C22H29N3O/c1-3-20-11-7-8-18(2)22(20)23-21(26)17-25-14-12-24(13-15-25)16-19-9-5-4-6-10-19/h4-11H,3,12-17H2,1-2H3,(H,23,26). The lowest BCUT2D eigenvalue weighted by Gasteiger charge is -2.34. The number of para-hydroxylation sites is 1. The van der Waals surface area contributed by atoms with E-state index in [4.69, 9.17) is 0 Å². The lowest BCUT2D eigenvalue weighted by molar-refractivity contribution is -0.117. The summed E-state index contributed by atoms with van der Waals surface area (Å²) in [6.07, 6.45) is 0.926. The van der Waals surface area contributed by atoms with E-state index >= 15 is 0 Å². The van der Waals surface area contributed by atoms with Crippen LogP contribution in [-0.2, 0) is 17.8 Å². The molecule has 0 radical (unpaired) electrons. The zero-order chi connectivity index (χ0) is 18.4. The summed E-state index contributed by atoms with van der Waals surface area (Å²) >= 11 is 0. The van der Waals surface area contributed by atoms with Gasteiger partial charge in [-0.05, 0) is 30.0 Å². The smallest absolute Gasteiger partial charge is 0.238 e. The summed E-state index contributed by atoms with van der Waals surface area (Å²) in [5.41, 5.74) is 4.67. The number of hydrogen-bond acceptors (Lipinski definition) is 3. The highest BCUT2D eigenvalue weighted by atomic mass is 16.2. The lowest BCUT2D eigenvalue weighted by atomic mass is 10.1. The number of hydrogen-bond donors (Lipinski definition) is 1. The number of nitrogens with zero attached hydrogens (tertiary/aromatic N) is 2. The molecule has 2 aromatic carbocycles. The third kappa shape index (κ3) is 4.93. The maximum atomic E-state index is 12.5. The van der Waals surface area contributed by atoms with E-state index in [0.717, 1.165) is 50.4 Å². The van der Waals surface area contributed by atoms with Crippen molar-refractivity contribution < 1.29 is 4.79 Å². The Kier molecular flexibility index (Phi) is 6.42. The van der Waals surface area contributed by atoms with Gasteiger partial charge in [-0.25, -0.2) is 0 Å². The molecule has 4 nitrogen and oxygen atoms in total. The van der Waals surface area contributed by atoms with Gasteiger partial charge in [0.15, 0.2) is 0 Å². The van der Waals surface area contributed by atoms with Gasteiger partial charge in [0.2, 0.25) is 5.91 Å². The van der Waals surface area contributed by atoms with Crippen molar-refractivity contribution in [2.75, 3.05) is 38.0 Å². The molecule has 0 spiro atoms. The zero-order valence-electron chi connectivity index (χ0n) is 15.9. The number of aryl methyl sites for hydroxylation is 2. The summed E-state index contributed by atoms with van der Waals surface area (Å²) in [6.45, 7) is 9.52. The van der Waals surface area contributed by atoms with Crippen molar-refractivity contribution in [2.45, 2.75) is 26.8 Å². The Morgan fingerprint density at radius 3 is 2.35 bits per heavy atom. The molecule has 0 bridgehead atoms. The lowest BCUT2D eigenvalue weighted by Crippen LogP contribution is -2.48. The van der Waals surface area contributed by atoms with Crippen LogP contribution in [-0.4, -0.2) is 48.4 Å². The van der Waals surface area contributed by atoms with Crippen molar-refractivity contribution in [2.24, 2.45) is 0 Å². The van der Waals surface area contributed by atoms with E-state index in [1.54, 1.807) is 0 Å². The summed E-state index contributed by atoms with van der Waals surface area (Å²) in [5, 5.41) is 3.13. The summed E-state index contributed by atoms with van der Waals surface area (Å²) in [4.78, 5) is 17.2. The molecule has 1 saturated heterocycles. The molecule has 0 saturated carbocycles. The molecule has 1 amide bonds. The van der Waals surface area contributed by atoms with Crippen LogP contribution in [0.25, 0.3) is 0 Å². The van der Waals surface area contributed by atoms with E-state index in [1.165, 1.54) is 11.1 Å². The molecule has 1 aliphatic heterocycles. The fourth-order valence-electron chi connectivity index (χ4n) is 3.53. The summed E-state index contributed by atoms with van der Waals surface area (Å²) in [5.74, 6) is 0.0884. The molecular formula is C22H29N3O. The van der Waals surface area contributed by atoms with Gasteiger partial charge < -0.3 is 5.32 Å². The molecule has 3 rings (SSSR count). The van der Waals surface area contributed by atoms with Crippen LogP contribution in [0, 0.1) is 6.92 Å². The zero-order valence-corrected chi connectivity index (χ0v) is 15.9. The van der Waals surface area contributed by atoms with E-state index in [9.17, 15) is 4.79 Å². The van der Waals surface area contributed by atoms with Gasteiger partial charge in [0.25, 0.3) is 0 Å². The Morgan fingerprint density at radius 1 is 0.962 bits per heavy atom. The van der Waals surface area contributed by atoms with Crippen LogP contribution in [0.1, 0.15) is 23.6 Å². The third-order valence-electron chi connectivity index (χ3n) is 5.09. The van der Waals surface area contributed by atoms with E-state index < -0.39 is 0 Å². The molecule has 0 aromatic heterocycles. The predicted molar refractivity (Wildman–Crippen MR) is 107 cm³/mol. The van der Waals surface area contributed by atoms with Gasteiger partial charge in [-0.2, -0.15) is 0 Å². The van der Waals surface area contributed by atoms with E-state index in [1.807, 2.05) is 0 Å². The fraction of sp³-hybridized carbons (Fsp3) is 0.409. The SMILES string of the molecule is CCc1cccc(C)c1NC(=O)CN1CCN(Cc2ccccc2)CC1. The largest absolute Gasteiger partial charge is 0.324 e. The molecule has 0 unspecified atom stereocenters. The van der Waals surface area contributed by atoms with Crippen LogP contribution in [0.5, 0.6) is 0 Å². The van der Waals surface area contributed by atoms with Crippen LogP contribution in [0.2, 0.25) is 0 Å². The molecule has 1 N–H and O–H groups in total. The minimum atomic E-state index is 0.0884. The second-order valence-corrected chi connectivity index (χ2v) is 7.05. The van der Waals surface area contributed by atoms with Gasteiger partial charge in [-0.3, -0.25) is 14.6 Å². The first kappa shape index (κ1) is 18.6. The van der Waals surface area contributed by atoms with Gasteiger partial charge in [-0.1, -0.05) is 55.5 Å². The molecule has 26 heavy (non-hydrogen) atoms. The Morgan fingerprint density at radius 2 is 1.65 bits per heavy atom. The Hall–Kier alpha value is -2.17. The first-order chi connectivity index (χ1) is 12.7. The highest BCUT2D eigenvalue weighted by Crippen LogP contribution is 2.21. The van der Waals surface area contributed by atoms with E-state index in [-0.39, 0.29) is 5.91 Å². The summed E-state index contributed by atoms with van der Waals surface area (Å²) in [7, 11) is 0. The Bertz CT molecular complexity index is 721. The van der Waals surface area contributed by atoms with Gasteiger partial charge in [-0.15, -0.1) is 0 Å². The van der Waals surface area contributed by atoms with Crippen molar-refractivity contribution in [1.29, 1.82) is 0 Å². The second kappa shape index (κ2) is 8.97. The molecule has 1 fully saturated rings. The van der Waals surface area contributed by atoms with E-state index in [0.29, 0.717) is 6.54 Å². The molecule has 138 valence electrons.